The lowest BCUT2D eigenvalue weighted by molar-refractivity contribution is 0.491. The van der Waals surface area contributed by atoms with E-state index in [0.717, 1.165) is 0 Å². The van der Waals surface area contributed by atoms with Gasteiger partial charge in [-0.25, -0.2) is 0 Å². The second-order valence-corrected chi connectivity index (χ2v) is 6.36. The van der Waals surface area contributed by atoms with Crippen LogP contribution in [0.15, 0.2) is 36.4 Å². The molecule has 1 atom stereocenters. The van der Waals surface area contributed by atoms with Gasteiger partial charge >= 0.3 is 0 Å². The van der Waals surface area contributed by atoms with Gasteiger partial charge in [0.25, 0.3) is 0 Å². The van der Waals surface area contributed by atoms with E-state index in [4.69, 9.17) is 0 Å². The van der Waals surface area contributed by atoms with E-state index in [-0.39, 0.29) is 0 Å². The fraction of sp³-hybridized carbons (Fsp3) is 0.556. The number of rotatable bonds is 2. The van der Waals surface area contributed by atoms with Crippen LogP contribution in [0.25, 0.3) is 0 Å². The molecule has 1 aromatic rings. The lowest BCUT2D eigenvalue weighted by atomic mass is 9.80. The van der Waals surface area contributed by atoms with Crippen LogP contribution in [-0.4, -0.2) is 0 Å². The first-order chi connectivity index (χ1) is 8.78. The van der Waals surface area contributed by atoms with Crippen LogP contribution in [0.3, 0.4) is 0 Å². The third kappa shape index (κ3) is 2.25. The van der Waals surface area contributed by atoms with Crippen LogP contribution in [-0.2, 0) is 5.41 Å². The van der Waals surface area contributed by atoms with Gasteiger partial charge in [0.2, 0.25) is 0 Å². The smallest absolute Gasteiger partial charge is 0.00180 e. The highest BCUT2D eigenvalue weighted by atomic mass is 14.3. The Morgan fingerprint density at radius 3 is 2.33 bits per heavy atom. The Hall–Kier alpha value is -1.04. The lowest BCUT2D eigenvalue weighted by Gasteiger charge is -2.25. The Balaban J connectivity index is 1.80. The molecule has 0 spiro atoms. The first-order valence-corrected chi connectivity index (χ1v) is 7.55. The van der Waals surface area contributed by atoms with Crippen molar-refractivity contribution in [3.05, 3.63) is 47.5 Å². The van der Waals surface area contributed by atoms with Gasteiger partial charge < -0.3 is 0 Å². The van der Waals surface area contributed by atoms with E-state index in [2.05, 4.69) is 43.3 Å². The molecule has 3 rings (SSSR count). The highest BCUT2D eigenvalue weighted by molar-refractivity contribution is 5.33. The molecule has 1 fully saturated rings. The van der Waals surface area contributed by atoms with E-state index in [1.54, 1.807) is 5.56 Å². The van der Waals surface area contributed by atoms with Gasteiger partial charge in [-0.15, -0.1) is 0 Å². The molecule has 0 aliphatic heterocycles. The Kier molecular flexibility index (Phi) is 3.28. The second-order valence-electron chi connectivity index (χ2n) is 6.36. The van der Waals surface area contributed by atoms with E-state index < -0.39 is 0 Å². The second kappa shape index (κ2) is 4.91. The van der Waals surface area contributed by atoms with Gasteiger partial charge in [-0.2, -0.15) is 0 Å². The van der Waals surface area contributed by atoms with Gasteiger partial charge in [0.15, 0.2) is 0 Å². The summed E-state index contributed by atoms with van der Waals surface area (Å²) in [5.41, 5.74) is 3.53. The van der Waals surface area contributed by atoms with Crippen molar-refractivity contribution in [2.75, 3.05) is 0 Å². The molecule has 1 unspecified atom stereocenters. The monoisotopic (exact) mass is 240 g/mol. The predicted octanol–water partition coefficient (Wildman–Crippen LogP) is 5.34. The Morgan fingerprint density at radius 2 is 1.72 bits per heavy atom. The van der Waals surface area contributed by atoms with Gasteiger partial charge in [0.05, 0.1) is 0 Å². The molecule has 0 saturated heterocycles. The molecule has 96 valence electrons. The quantitative estimate of drug-likeness (QED) is 0.612. The molecule has 0 N–H and O–H groups in total. The zero-order valence-corrected chi connectivity index (χ0v) is 11.5. The average Bonchev–Trinajstić information content (AvgIpc) is 2.88. The van der Waals surface area contributed by atoms with Gasteiger partial charge in [-0.1, -0.05) is 56.2 Å². The molecule has 0 aromatic heterocycles. The highest BCUT2D eigenvalue weighted by Crippen LogP contribution is 2.41. The Labute approximate surface area is 111 Å². The van der Waals surface area contributed by atoms with Crippen LogP contribution in [0.1, 0.15) is 68.9 Å². The average molecular weight is 240 g/mol. The van der Waals surface area contributed by atoms with E-state index in [9.17, 15) is 0 Å². The van der Waals surface area contributed by atoms with Crippen molar-refractivity contribution in [3.63, 3.8) is 0 Å². The van der Waals surface area contributed by atoms with E-state index in [1.165, 1.54) is 50.5 Å². The minimum Gasteiger partial charge on any atom is -0.0879 e. The highest BCUT2D eigenvalue weighted by Gasteiger charge is 2.30. The van der Waals surface area contributed by atoms with Crippen molar-refractivity contribution in [3.8, 4) is 0 Å². The van der Waals surface area contributed by atoms with Gasteiger partial charge in [0, 0.05) is 5.92 Å². The molecule has 0 amide bonds. The van der Waals surface area contributed by atoms with E-state index >= 15 is 0 Å². The van der Waals surface area contributed by atoms with Crippen molar-refractivity contribution in [1.29, 1.82) is 0 Å². The van der Waals surface area contributed by atoms with Crippen LogP contribution >= 0.6 is 0 Å². The van der Waals surface area contributed by atoms with Crippen LogP contribution < -0.4 is 0 Å². The molecule has 1 aromatic carbocycles. The van der Waals surface area contributed by atoms with Gasteiger partial charge in [-0.3, -0.25) is 0 Å². The van der Waals surface area contributed by atoms with Crippen LogP contribution in [0.2, 0.25) is 0 Å². The SMILES string of the molecule is CC1(c2ccc(C3C=CCCC3)cc2)CCCC1. The summed E-state index contributed by atoms with van der Waals surface area (Å²) in [6.45, 7) is 2.44. The molecule has 2 aliphatic carbocycles. The molecule has 2 aliphatic rings. The van der Waals surface area contributed by atoms with Crippen molar-refractivity contribution in [1.82, 2.24) is 0 Å². The van der Waals surface area contributed by atoms with Crippen LogP contribution in [0, 0.1) is 0 Å². The Morgan fingerprint density at radius 1 is 1.00 bits per heavy atom. The maximum atomic E-state index is 2.44. The van der Waals surface area contributed by atoms with Crippen molar-refractivity contribution in [2.45, 2.75) is 63.2 Å². The minimum absolute atomic E-state index is 0.459. The molecule has 0 nitrogen and oxygen atoms in total. The fourth-order valence-electron chi connectivity index (χ4n) is 3.67. The lowest BCUT2D eigenvalue weighted by Crippen LogP contribution is -2.16. The molecule has 1 saturated carbocycles. The molecular weight excluding hydrogens is 216 g/mol. The Bertz CT molecular complexity index is 418. The maximum Gasteiger partial charge on any atom is 0.00180 e. The third-order valence-corrected chi connectivity index (χ3v) is 5.00. The summed E-state index contributed by atoms with van der Waals surface area (Å²) in [4.78, 5) is 0. The topological polar surface area (TPSA) is 0 Å². The molecule has 0 radical (unpaired) electrons. The molecule has 0 heterocycles. The molecule has 0 bridgehead atoms. The summed E-state index contributed by atoms with van der Waals surface area (Å²) in [7, 11) is 0. The number of allylic oxidation sites excluding steroid dienone is 2. The van der Waals surface area contributed by atoms with Crippen LogP contribution in [0.4, 0.5) is 0 Å². The largest absolute Gasteiger partial charge is 0.0879 e. The zero-order chi connectivity index (χ0) is 12.4. The number of benzene rings is 1. The van der Waals surface area contributed by atoms with Crippen molar-refractivity contribution >= 4 is 0 Å². The predicted molar refractivity (Wildman–Crippen MR) is 78.0 cm³/mol. The standard InChI is InChI=1S/C18H24/c1-18(13-5-6-14-18)17-11-9-16(10-12-17)15-7-3-2-4-8-15/h3,7,9-12,15H,2,4-6,8,13-14H2,1H3. The fourth-order valence-corrected chi connectivity index (χ4v) is 3.67. The van der Waals surface area contributed by atoms with E-state index in [0.29, 0.717) is 11.3 Å². The van der Waals surface area contributed by atoms with Crippen molar-refractivity contribution in [2.24, 2.45) is 0 Å². The summed E-state index contributed by atoms with van der Waals surface area (Å²) in [6, 6.07) is 9.53. The minimum atomic E-state index is 0.459. The van der Waals surface area contributed by atoms with Crippen LogP contribution in [0.5, 0.6) is 0 Å². The molecule has 18 heavy (non-hydrogen) atoms. The number of hydrogen-bond acceptors (Lipinski definition) is 0. The normalized spacial score (nSPS) is 26.4. The van der Waals surface area contributed by atoms with Crippen molar-refractivity contribution < 1.29 is 0 Å². The first-order valence-electron chi connectivity index (χ1n) is 7.55. The summed E-state index contributed by atoms with van der Waals surface area (Å²) in [5, 5.41) is 0. The molecule has 0 heteroatoms. The van der Waals surface area contributed by atoms with Gasteiger partial charge in [-0.05, 0) is 48.6 Å². The number of hydrogen-bond donors (Lipinski definition) is 0. The summed E-state index contributed by atoms with van der Waals surface area (Å²) in [6.07, 6.45) is 14.2. The first kappa shape index (κ1) is 12.0. The van der Waals surface area contributed by atoms with Gasteiger partial charge in [0.1, 0.15) is 0 Å². The molecular formula is C18H24. The zero-order valence-electron chi connectivity index (χ0n) is 11.5. The maximum absolute atomic E-state index is 2.44. The summed E-state index contributed by atoms with van der Waals surface area (Å²) >= 11 is 0. The summed E-state index contributed by atoms with van der Waals surface area (Å²) in [5.74, 6) is 0.671. The van der Waals surface area contributed by atoms with E-state index in [1.807, 2.05) is 0 Å². The third-order valence-electron chi connectivity index (χ3n) is 5.00. The summed E-state index contributed by atoms with van der Waals surface area (Å²) < 4.78 is 0.